The second kappa shape index (κ2) is 10.4. The molecule has 0 N–H and O–H groups in total. The first-order chi connectivity index (χ1) is 16.8. The van der Waals surface area contributed by atoms with Gasteiger partial charge in [0.1, 0.15) is 11.6 Å². The summed E-state index contributed by atoms with van der Waals surface area (Å²) >= 11 is 0. The number of halogens is 2. The van der Waals surface area contributed by atoms with Crippen LogP contribution < -0.4 is 57.8 Å². The first-order valence-electron chi connectivity index (χ1n) is 12.7. The molecule has 7 nitrogen and oxygen atoms in total. The van der Waals surface area contributed by atoms with Crippen LogP contribution in [-0.2, 0) is 0 Å². The topological polar surface area (TPSA) is 47.6 Å². The van der Waals surface area contributed by atoms with E-state index < -0.39 is 0 Å². The molecule has 0 amide bonds. The van der Waals surface area contributed by atoms with Crippen LogP contribution in [0, 0.1) is 11.3 Å². The fourth-order valence-corrected chi connectivity index (χ4v) is 5.71. The normalized spacial score (nSPS) is 18.9. The number of piperazine rings is 2. The number of nitriles is 1. The fourth-order valence-electron chi connectivity index (χ4n) is 5.71. The number of likely N-dealkylation sites (N-methyl/N-ethyl adjacent to an activating group) is 2. The van der Waals surface area contributed by atoms with Crippen molar-refractivity contribution in [3.63, 3.8) is 0 Å². The molecule has 0 unspecified atom stereocenters. The summed E-state index contributed by atoms with van der Waals surface area (Å²) < 4.78 is 4.30. The van der Waals surface area contributed by atoms with Crippen molar-refractivity contribution in [1.29, 1.82) is 5.26 Å². The molecule has 9 heteroatoms. The van der Waals surface area contributed by atoms with Gasteiger partial charge >= 0.3 is 0 Å². The van der Waals surface area contributed by atoms with E-state index in [1.807, 2.05) is 12.1 Å². The minimum Gasteiger partial charge on any atom is -1.00 e. The van der Waals surface area contributed by atoms with Crippen LogP contribution in [-0.4, -0.2) is 98.9 Å². The number of rotatable bonds is 2. The van der Waals surface area contributed by atoms with Crippen molar-refractivity contribution in [3.8, 4) is 6.07 Å². The van der Waals surface area contributed by atoms with Crippen molar-refractivity contribution < 1.29 is 56.9 Å². The molecule has 2 aliphatic heterocycles. The zero-order valence-corrected chi connectivity index (χ0v) is 26.4. The maximum atomic E-state index is 10.4. The van der Waals surface area contributed by atoms with Gasteiger partial charge in [0.25, 0.3) is 0 Å². The second-order valence-corrected chi connectivity index (χ2v) is 11.5. The molecule has 0 atom stereocenters. The number of imidazole rings is 1. The summed E-state index contributed by atoms with van der Waals surface area (Å²) in [7, 11) is 9.20. The Labute approximate surface area is 253 Å². The summed E-state index contributed by atoms with van der Waals surface area (Å²) in [5.41, 5.74) is 6.88. The Bertz CT molecular complexity index is 1480. The molecule has 0 saturated carbocycles. The van der Waals surface area contributed by atoms with E-state index in [4.69, 9.17) is 4.98 Å². The highest BCUT2D eigenvalue weighted by molar-refractivity contribution is 6.03. The van der Waals surface area contributed by atoms with Crippen molar-refractivity contribution in [3.05, 3.63) is 48.0 Å². The number of nitrogens with zero attached hydrogens (tertiary/aromatic N) is 7. The van der Waals surface area contributed by atoms with E-state index in [0.717, 1.165) is 94.6 Å². The Kier molecular flexibility index (Phi) is 7.87. The third-order valence-electron chi connectivity index (χ3n) is 8.19. The van der Waals surface area contributed by atoms with E-state index in [1.54, 1.807) is 0 Å². The van der Waals surface area contributed by atoms with Gasteiger partial charge in [0, 0.05) is 11.1 Å². The highest BCUT2D eigenvalue weighted by Crippen LogP contribution is 2.38. The standard InChI is InChI=1S/C28H35N7.2HI/c1-34(2)15-11-31(12-16-34)21-9-10-22-26(19-21)33-25-8-6-5-7-24(25)30-28(33)23(20-29)27(22)32-13-17-35(3,4)18-14-32;;/h5-10,19H,11-18H2,1-4H3;2*1H/q+2;;/p-2. The summed E-state index contributed by atoms with van der Waals surface area (Å²) in [6.45, 7) is 8.39. The van der Waals surface area contributed by atoms with Gasteiger partial charge in [0.2, 0.25) is 0 Å². The Balaban J connectivity index is 0.00000160. The van der Waals surface area contributed by atoms with Crippen LogP contribution in [0.5, 0.6) is 0 Å². The number of aromatic nitrogens is 2. The molecular weight excluding hydrogens is 688 g/mol. The lowest BCUT2D eigenvalue weighted by Crippen LogP contribution is -3.00. The molecule has 6 rings (SSSR count). The van der Waals surface area contributed by atoms with Crippen molar-refractivity contribution in [1.82, 2.24) is 9.38 Å². The molecule has 0 aliphatic carbocycles. The van der Waals surface area contributed by atoms with Gasteiger partial charge in [-0.2, -0.15) is 5.26 Å². The zero-order chi connectivity index (χ0) is 24.4. The Morgan fingerprint density at radius 1 is 0.784 bits per heavy atom. The monoisotopic (exact) mass is 723 g/mol. The van der Waals surface area contributed by atoms with Crippen LogP contribution in [0.3, 0.4) is 0 Å². The van der Waals surface area contributed by atoms with Crippen molar-refractivity contribution in [2.45, 2.75) is 0 Å². The van der Waals surface area contributed by atoms with Gasteiger partial charge in [-0.3, -0.25) is 4.40 Å². The lowest BCUT2D eigenvalue weighted by molar-refractivity contribution is -0.890. The molecule has 196 valence electrons. The zero-order valence-electron chi connectivity index (χ0n) is 22.1. The number of benzene rings is 2. The van der Waals surface area contributed by atoms with E-state index in [9.17, 15) is 5.26 Å². The Hall–Kier alpha value is -1.88. The largest absolute Gasteiger partial charge is 1.00 e. The number of fused-ring (bicyclic) bond motifs is 5. The molecule has 0 spiro atoms. The van der Waals surface area contributed by atoms with Crippen LogP contribution >= 0.6 is 0 Å². The van der Waals surface area contributed by atoms with Gasteiger partial charge in [-0.1, -0.05) is 12.1 Å². The van der Waals surface area contributed by atoms with E-state index in [2.05, 4.69) is 78.8 Å². The molecule has 2 aromatic heterocycles. The molecule has 2 aromatic carbocycles. The van der Waals surface area contributed by atoms with E-state index in [0.29, 0.717) is 5.56 Å². The van der Waals surface area contributed by atoms with Crippen molar-refractivity contribution in [2.75, 3.05) is 90.3 Å². The van der Waals surface area contributed by atoms with E-state index in [1.165, 1.54) is 5.69 Å². The maximum Gasteiger partial charge on any atom is 0.158 e. The molecule has 37 heavy (non-hydrogen) atoms. The minimum absolute atomic E-state index is 0. The number of hydrogen-bond donors (Lipinski definition) is 0. The van der Waals surface area contributed by atoms with Gasteiger partial charge in [0.05, 0.1) is 103 Å². The molecule has 2 saturated heterocycles. The average Bonchev–Trinajstić information content (AvgIpc) is 3.23. The first-order valence-corrected chi connectivity index (χ1v) is 12.7. The lowest BCUT2D eigenvalue weighted by Gasteiger charge is -2.41. The summed E-state index contributed by atoms with van der Waals surface area (Å²) in [5.74, 6) is 0. The number of hydrogen-bond acceptors (Lipinski definition) is 4. The summed E-state index contributed by atoms with van der Waals surface area (Å²) in [5, 5.41) is 11.5. The highest BCUT2D eigenvalue weighted by Gasteiger charge is 2.30. The van der Waals surface area contributed by atoms with Crippen LogP contribution in [0.15, 0.2) is 42.5 Å². The Morgan fingerprint density at radius 2 is 1.38 bits per heavy atom. The van der Waals surface area contributed by atoms with Gasteiger partial charge in [-0.25, -0.2) is 4.98 Å². The number of para-hydroxylation sites is 2. The summed E-state index contributed by atoms with van der Waals surface area (Å²) in [6, 6.07) is 17.6. The smallest absolute Gasteiger partial charge is 0.158 e. The fraction of sp³-hybridized carbons (Fsp3) is 0.429. The average molecular weight is 723 g/mol. The molecule has 0 radical (unpaired) electrons. The second-order valence-electron chi connectivity index (χ2n) is 11.5. The number of pyridine rings is 1. The predicted octanol–water partition coefficient (Wildman–Crippen LogP) is -2.69. The Morgan fingerprint density at radius 3 is 2.00 bits per heavy atom. The van der Waals surface area contributed by atoms with Gasteiger partial charge in [0.15, 0.2) is 5.65 Å². The first kappa shape index (κ1) is 28.1. The molecular formula is C28H35I2N7. The quantitative estimate of drug-likeness (QED) is 0.167. The molecule has 2 fully saturated rings. The predicted molar refractivity (Wildman–Crippen MR) is 143 cm³/mol. The number of quaternary nitrogens is 2. The SMILES string of the molecule is C[N+]1(C)CCN(c2ccc3c(N4CC[N+](C)(C)CC4)c(C#N)c4nc5ccccc5n4c3c2)CC1.[I-].[I-]. The van der Waals surface area contributed by atoms with Gasteiger partial charge < -0.3 is 66.7 Å². The van der Waals surface area contributed by atoms with Crippen molar-refractivity contribution in [2.24, 2.45) is 0 Å². The molecule has 2 aliphatic rings. The third-order valence-corrected chi connectivity index (χ3v) is 8.19. The molecule has 4 heterocycles. The summed E-state index contributed by atoms with van der Waals surface area (Å²) in [4.78, 5) is 9.90. The molecule has 0 bridgehead atoms. The van der Waals surface area contributed by atoms with Crippen LogP contribution in [0.1, 0.15) is 5.56 Å². The highest BCUT2D eigenvalue weighted by atomic mass is 127. The van der Waals surface area contributed by atoms with Crippen molar-refractivity contribution >= 4 is 39.0 Å². The van der Waals surface area contributed by atoms with Crippen LogP contribution in [0.2, 0.25) is 0 Å². The maximum absolute atomic E-state index is 10.4. The molecule has 4 aromatic rings. The van der Waals surface area contributed by atoms with E-state index in [-0.39, 0.29) is 48.0 Å². The van der Waals surface area contributed by atoms with Gasteiger partial charge in [-0.05, 0) is 30.3 Å². The lowest BCUT2D eigenvalue weighted by atomic mass is 10.0. The van der Waals surface area contributed by atoms with Crippen LogP contribution in [0.4, 0.5) is 11.4 Å². The van der Waals surface area contributed by atoms with Gasteiger partial charge in [-0.15, -0.1) is 0 Å². The summed E-state index contributed by atoms with van der Waals surface area (Å²) in [6.07, 6.45) is 0. The third kappa shape index (κ3) is 4.97. The minimum atomic E-state index is 0. The van der Waals surface area contributed by atoms with E-state index >= 15 is 0 Å². The van der Waals surface area contributed by atoms with Crippen LogP contribution in [0.25, 0.3) is 27.6 Å². The number of anilines is 2.